The molecule has 0 spiro atoms. The van der Waals surface area contributed by atoms with Gasteiger partial charge in [0.15, 0.2) is 5.65 Å². The lowest BCUT2D eigenvalue weighted by Gasteiger charge is -2.42. The van der Waals surface area contributed by atoms with Gasteiger partial charge in [0.1, 0.15) is 17.5 Å². The van der Waals surface area contributed by atoms with Crippen molar-refractivity contribution >= 4 is 23.7 Å². The molecule has 218 valence electrons. The zero-order valence-electron chi connectivity index (χ0n) is 24.4. The minimum Gasteiger partial charge on any atom is -0.444 e. The van der Waals surface area contributed by atoms with Crippen LogP contribution in [-0.4, -0.2) is 84.5 Å². The molecule has 3 aromatic rings. The number of nitrogens with zero attached hydrogens (tertiary/aromatic N) is 6. The highest BCUT2D eigenvalue weighted by molar-refractivity contribution is 5.72. The number of nitrogens with one attached hydrogen (secondary N) is 1. The number of carbonyl (C=O) groups excluding carboxylic acids is 2. The molecular weight excluding hydrogens is 522 g/mol. The van der Waals surface area contributed by atoms with Gasteiger partial charge < -0.3 is 24.6 Å². The minimum atomic E-state index is -0.549. The zero-order valence-corrected chi connectivity index (χ0v) is 24.4. The molecular formula is C30H39N7O4. The quantitative estimate of drug-likeness (QED) is 0.459. The molecule has 3 aromatic heterocycles. The van der Waals surface area contributed by atoms with Crippen LogP contribution in [-0.2, 0) is 9.47 Å². The van der Waals surface area contributed by atoms with E-state index in [2.05, 4.69) is 29.2 Å². The predicted molar refractivity (Wildman–Crippen MR) is 154 cm³/mol. The molecule has 2 unspecified atom stereocenters. The first-order valence-electron chi connectivity index (χ1n) is 14.6. The Bertz CT molecular complexity index is 1410. The van der Waals surface area contributed by atoms with Crippen molar-refractivity contribution < 1.29 is 19.1 Å². The van der Waals surface area contributed by atoms with E-state index in [0.717, 1.165) is 54.0 Å². The van der Waals surface area contributed by atoms with E-state index in [9.17, 15) is 9.59 Å². The smallest absolute Gasteiger partial charge is 0.410 e. The topological polar surface area (TPSA) is 114 Å². The molecule has 1 N–H and O–H groups in total. The lowest BCUT2D eigenvalue weighted by Crippen LogP contribution is -2.58. The number of likely N-dealkylation sites (tertiary alicyclic amines) is 1. The fraction of sp³-hybridized carbons (Fsp3) is 0.567. The largest absolute Gasteiger partial charge is 0.444 e. The number of hydrogen-bond donors (Lipinski definition) is 1. The maximum Gasteiger partial charge on any atom is 0.410 e. The average molecular weight is 562 g/mol. The number of ether oxygens (including phenoxy) is 2. The minimum absolute atomic E-state index is 0.111. The molecule has 6 rings (SSSR count). The third-order valence-corrected chi connectivity index (χ3v) is 8.14. The van der Waals surface area contributed by atoms with Crippen LogP contribution in [0.5, 0.6) is 0 Å². The molecule has 3 saturated heterocycles. The van der Waals surface area contributed by atoms with Crippen molar-refractivity contribution in [2.24, 2.45) is 0 Å². The molecule has 0 radical (unpaired) electrons. The summed E-state index contributed by atoms with van der Waals surface area (Å²) in [4.78, 5) is 38.2. The van der Waals surface area contributed by atoms with Crippen LogP contribution < -0.4 is 5.32 Å². The summed E-state index contributed by atoms with van der Waals surface area (Å²) >= 11 is 0. The van der Waals surface area contributed by atoms with Gasteiger partial charge in [0.25, 0.3) is 0 Å². The van der Waals surface area contributed by atoms with Gasteiger partial charge in [-0.1, -0.05) is 13.8 Å². The number of anilines is 1. The van der Waals surface area contributed by atoms with Crippen molar-refractivity contribution in [2.75, 3.05) is 18.4 Å². The molecule has 2 atom stereocenters. The van der Waals surface area contributed by atoms with E-state index in [0.29, 0.717) is 13.1 Å². The lowest BCUT2D eigenvalue weighted by molar-refractivity contribution is -0.0485. The third kappa shape index (κ3) is 5.54. The highest BCUT2D eigenvalue weighted by Crippen LogP contribution is 2.38. The Hall–Kier alpha value is -3.89. The van der Waals surface area contributed by atoms with E-state index in [-0.39, 0.29) is 42.3 Å². The molecule has 3 fully saturated rings. The summed E-state index contributed by atoms with van der Waals surface area (Å²) in [5.74, 6) is 1.17. The van der Waals surface area contributed by atoms with Gasteiger partial charge >= 0.3 is 12.2 Å². The summed E-state index contributed by atoms with van der Waals surface area (Å²) in [5.41, 5.74) is 3.19. The summed E-state index contributed by atoms with van der Waals surface area (Å²) in [6.07, 6.45) is 8.11. The molecule has 6 heterocycles. The highest BCUT2D eigenvalue weighted by Gasteiger charge is 2.46. The van der Waals surface area contributed by atoms with Gasteiger partial charge in [-0.25, -0.2) is 14.6 Å². The number of rotatable bonds is 5. The molecule has 3 aliphatic rings. The van der Waals surface area contributed by atoms with Gasteiger partial charge in [-0.2, -0.15) is 9.61 Å². The van der Waals surface area contributed by atoms with Gasteiger partial charge in [0.2, 0.25) is 0 Å². The fourth-order valence-electron chi connectivity index (χ4n) is 6.15. The summed E-state index contributed by atoms with van der Waals surface area (Å²) in [5, 5.41) is 8.43. The highest BCUT2D eigenvalue weighted by atomic mass is 16.6. The number of fused-ring (bicyclic) bond motifs is 3. The molecule has 0 aromatic carbocycles. The molecule has 41 heavy (non-hydrogen) atoms. The van der Waals surface area contributed by atoms with Crippen LogP contribution in [0.2, 0.25) is 0 Å². The van der Waals surface area contributed by atoms with Crippen LogP contribution >= 0.6 is 0 Å². The Morgan fingerprint density at radius 3 is 2.44 bits per heavy atom. The van der Waals surface area contributed by atoms with Crippen molar-refractivity contribution in [3.63, 3.8) is 0 Å². The Kier molecular flexibility index (Phi) is 6.99. The van der Waals surface area contributed by atoms with Crippen molar-refractivity contribution in [3.8, 4) is 11.3 Å². The Morgan fingerprint density at radius 2 is 1.80 bits per heavy atom. The first-order chi connectivity index (χ1) is 19.6. The van der Waals surface area contributed by atoms with Gasteiger partial charge in [0.05, 0.1) is 25.0 Å². The maximum absolute atomic E-state index is 13.2. The number of amides is 2. The molecule has 11 heteroatoms. The average Bonchev–Trinajstić information content (AvgIpc) is 3.44. The number of pyridine rings is 1. The van der Waals surface area contributed by atoms with E-state index in [1.807, 2.05) is 60.8 Å². The van der Waals surface area contributed by atoms with Crippen LogP contribution in [0.25, 0.3) is 16.9 Å². The molecule has 0 saturated carbocycles. The molecule has 2 amide bonds. The Balaban J connectivity index is 1.13. The standard InChI is InChI=1S/C30H39N7O4/c1-18(2)24-15-32-37-26(13-25(34-27(24)37)19-7-6-10-31-14-19)33-20-11-21-8-9-22(12-20)36(21)29(39)40-23-16-35(17-23)28(38)41-30(3,4)5/h6-7,10,13-15,18,20-23,33H,8-9,11-12,16-17H2,1-5H3. The second-order valence-corrected chi connectivity index (χ2v) is 12.8. The monoisotopic (exact) mass is 561 g/mol. The Morgan fingerprint density at radius 1 is 1.07 bits per heavy atom. The van der Waals surface area contributed by atoms with Crippen LogP contribution in [0.1, 0.15) is 71.8 Å². The Labute approximate surface area is 240 Å². The fourth-order valence-corrected chi connectivity index (χ4v) is 6.15. The third-order valence-electron chi connectivity index (χ3n) is 8.14. The number of aromatic nitrogens is 4. The van der Waals surface area contributed by atoms with Crippen molar-refractivity contribution in [3.05, 3.63) is 42.4 Å². The van der Waals surface area contributed by atoms with E-state index < -0.39 is 5.60 Å². The summed E-state index contributed by atoms with van der Waals surface area (Å²) in [7, 11) is 0. The van der Waals surface area contributed by atoms with Crippen LogP contribution in [0.15, 0.2) is 36.8 Å². The SMILES string of the molecule is CC(C)c1cnn2c(NC3CC4CCC(C3)N4C(=O)OC3CN(C(=O)OC(C)(C)C)C3)cc(-c3cccnc3)nc12. The second-order valence-electron chi connectivity index (χ2n) is 12.8. The normalized spacial score (nSPS) is 22.6. The predicted octanol–water partition coefficient (Wildman–Crippen LogP) is 5.08. The van der Waals surface area contributed by atoms with Gasteiger partial charge in [0, 0.05) is 47.7 Å². The summed E-state index contributed by atoms with van der Waals surface area (Å²) in [6.45, 7) is 10.5. The number of carbonyl (C=O) groups is 2. The van der Waals surface area contributed by atoms with Crippen LogP contribution in [0.4, 0.5) is 15.4 Å². The zero-order chi connectivity index (χ0) is 28.9. The van der Waals surface area contributed by atoms with Gasteiger partial charge in [-0.05, 0) is 64.5 Å². The van der Waals surface area contributed by atoms with Gasteiger partial charge in [-0.15, -0.1) is 0 Å². The molecule has 0 aliphatic carbocycles. The van der Waals surface area contributed by atoms with Gasteiger partial charge in [-0.3, -0.25) is 4.98 Å². The van der Waals surface area contributed by atoms with E-state index >= 15 is 0 Å². The molecule has 11 nitrogen and oxygen atoms in total. The van der Waals surface area contributed by atoms with Crippen molar-refractivity contribution in [1.82, 2.24) is 29.4 Å². The summed E-state index contributed by atoms with van der Waals surface area (Å²) in [6, 6.07) is 6.37. The van der Waals surface area contributed by atoms with Crippen LogP contribution in [0, 0.1) is 0 Å². The van der Waals surface area contributed by atoms with E-state index in [1.54, 1.807) is 11.1 Å². The van der Waals surface area contributed by atoms with E-state index in [4.69, 9.17) is 14.5 Å². The number of piperidine rings is 1. The second kappa shape index (κ2) is 10.5. The first kappa shape index (κ1) is 27.3. The van der Waals surface area contributed by atoms with Crippen LogP contribution in [0.3, 0.4) is 0 Å². The number of hydrogen-bond acceptors (Lipinski definition) is 8. The first-order valence-corrected chi connectivity index (χ1v) is 14.6. The van der Waals surface area contributed by atoms with E-state index in [1.165, 1.54) is 0 Å². The van der Waals surface area contributed by atoms with Crippen molar-refractivity contribution in [2.45, 2.75) is 96.1 Å². The molecule has 2 bridgehead atoms. The van der Waals surface area contributed by atoms with Crippen molar-refractivity contribution in [1.29, 1.82) is 0 Å². The maximum atomic E-state index is 13.2. The molecule has 3 aliphatic heterocycles. The summed E-state index contributed by atoms with van der Waals surface area (Å²) < 4.78 is 13.1. The lowest BCUT2D eigenvalue weighted by atomic mass is 9.97.